The molecule has 2 radical (unpaired) electrons. The number of nitrogens with two attached hydrogens (primary N) is 2. The van der Waals surface area contributed by atoms with Crippen LogP contribution in [-0.2, 0) is 87.2 Å². The van der Waals surface area contributed by atoms with E-state index in [9.17, 15) is 43.8 Å². The molecule has 15 rings (SSSR count). The Bertz CT molecular complexity index is 5170. The van der Waals surface area contributed by atoms with Crippen molar-refractivity contribution in [2.24, 2.45) is 11.5 Å². The molecule has 0 spiro atoms. The van der Waals surface area contributed by atoms with Gasteiger partial charge in [0.1, 0.15) is 67.2 Å². The molecule has 3 amide bonds. The first-order chi connectivity index (χ1) is 57.4. The predicted octanol–water partition coefficient (Wildman–Crippen LogP) is 15.2. The Morgan fingerprint density at radius 2 is 0.950 bits per heavy atom. The summed E-state index contributed by atoms with van der Waals surface area (Å²) in [5.41, 5.74) is 25.0. The third-order valence-corrected chi connectivity index (χ3v) is 20.7. The number of aryl methyl sites for hydroxylation is 1. The van der Waals surface area contributed by atoms with Crippen LogP contribution in [0.3, 0.4) is 0 Å². The number of aliphatic hydroxyl groups excluding tert-OH is 1. The van der Waals surface area contributed by atoms with Gasteiger partial charge in [0, 0.05) is 86.0 Å². The first-order valence-electron chi connectivity index (χ1n) is 37.7. The minimum atomic E-state index is -1.40. The standard InChI is InChI=1S/C54H49N3O9.C33H28N2O6.C3H8N2O2.2CH2I.ClH.2V/c1-62-40-25-21-38(22-26-40)54(37-10-4-3-5-11-37,39-23-27-41(63-2)28-24-39)65-34-48-47(58)32-50(66-48)57-31-30-49(56-53(57)61)55-52(60)36-19-16-35(17-20-36)18-29-51(59)64-33-46-44-14-8-6-12-42(44)43-13-7-9-15-45(43)46;36-31(37)30(35-33(39)41-19-29-26-15-7-3-11-22(26)23-12-4-8-16-27(23)29)17-34-32(38)40-18-28-24-13-5-1-9-20(24)21-10-2-6-14-25(21)28;4-1-2(5)3(6)7;2*1-2;;;/h3-17,19-28,30-31,46-48,50,58H,18,29,32-34H2,1-2H3,(H,55,56,60,61);1-16,28-30H,17-19H2,(H,34,38)(H,35,39)(H,36,37);2H,1,4-5H2,(H,6,7);2*1H2;1H;;/q;;;2*-1;;;/t47?,48-,50-;;;;;;;/m1......./s1. The molecule has 29 heteroatoms. The summed E-state index contributed by atoms with van der Waals surface area (Å²) in [5, 5.41) is 36.4. The number of anilines is 1. The number of amides is 3. The average Bonchev–Trinajstić information content (AvgIpc) is 1.75. The van der Waals surface area contributed by atoms with Crippen molar-refractivity contribution >= 4 is 99.4 Å². The van der Waals surface area contributed by atoms with Crippen molar-refractivity contribution in [3.05, 3.63) is 343 Å². The van der Waals surface area contributed by atoms with E-state index in [1.807, 2.05) is 245 Å². The summed E-state index contributed by atoms with van der Waals surface area (Å²) < 4.78 is 42.2. The van der Waals surface area contributed by atoms with E-state index in [1.165, 1.54) is 28.0 Å². The van der Waals surface area contributed by atoms with Crippen LogP contribution in [0.2, 0.25) is 0 Å². The van der Waals surface area contributed by atoms with Crippen molar-refractivity contribution in [2.75, 3.05) is 59.1 Å². The van der Waals surface area contributed by atoms with Crippen LogP contribution in [0.5, 0.6) is 11.5 Å². The Morgan fingerprint density at radius 1 is 0.545 bits per heavy atom. The van der Waals surface area contributed by atoms with Crippen LogP contribution in [0.15, 0.2) is 266 Å². The van der Waals surface area contributed by atoms with Crippen molar-refractivity contribution in [3.63, 3.8) is 0 Å². The number of nitrogens with one attached hydrogen (secondary N) is 3. The Kier molecular flexibility index (Phi) is 37.2. The number of esters is 1. The Morgan fingerprint density at radius 3 is 1.35 bits per heavy atom. The molecule has 628 valence electrons. The molecule has 1 aromatic heterocycles. The molecule has 10 N–H and O–H groups in total. The number of aliphatic hydroxyl groups is 1. The maximum absolute atomic E-state index is 13.4. The van der Waals surface area contributed by atoms with Crippen molar-refractivity contribution in [1.29, 1.82) is 0 Å². The minimum Gasteiger partial charge on any atom is -0.497 e. The molecule has 10 aromatic carbocycles. The number of rotatable bonds is 26. The van der Waals surface area contributed by atoms with Crippen molar-refractivity contribution in [2.45, 2.75) is 73.1 Å². The summed E-state index contributed by atoms with van der Waals surface area (Å²) in [7, 11) is 3.22. The third kappa shape index (κ3) is 23.4. The van der Waals surface area contributed by atoms with Gasteiger partial charge in [0.05, 0.1) is 33.5 Å². The second kappa shape index (κ2) is 46.7. The van der Waals surface area contributed by atoms with Crippen molar-refractivity contribution in [3.8, 4) is 44.9 Å². The fraction of sp³-hybridized carbons (Fsp3) is 0.217. The van der Waals surface area contributed by atoms with Gasteiger partial charge in [-0.1, -0.05) is 212 Å². The Balaban J connectivity index is 0.000000283. The normalized spacial score (nSPS) is 14.6. The molecule has 1 saturated heterocycles. The number of hydrogen-bond donors (Lipinski definition) is 8. The SMILES string of the molecule is COc1ccc(C(OC[C@H]2O[C@@H](n3ccc(NC(=O)c4ccc(CCC(=O)OCC5c6ccccc6-c6ccccc65)cc4)nc3=O)CC2O)(c2ccccc2)c2ccc(OC)cc2)cc1.Cl.NCC(N)C(=O)O.O=C(NCC(NC(=O)OCC1c2ccccc2-c2ccccc21)C(=O)O)OCC1c2ccccc2-c2ccccc21.[CH2-]I.[CH2-]I.[V].[V]. The molecule has 0 saturated carbocycles. The zero-order valence-electron chi connectivity index (χ0n) is 65.9. The largest absolute Gasteiger partial charge is 0.497 e. The van der Waals surface area contributed by atoms with Gasteiger partial charge in [-0.15, -0.1) is 12.4 Å². The van der Waals surface area contributed by atoms with Crippen LogP contribution in [0.4, 0.5) is 15.4 Å². The van der Waals surface area contributed by atoms with E-state index in [2.05, 4.69) is 55.1 Å². The zero-order chi connectivity index (χ0) is 83.8. The minimum absolute atomic E-state index is 0. The maximum Gasteiger partial charge on any atom is 0.407 e. The van der Waals surface area contributed by atoms with Gasteiger partial charge in [-0.3, -0.25) is 28.8 Å². The van der Waals surface area contributed by atoms with E-state index < -0.39 is 71.8 Å². The van der Waals surface area contributed by atoms with Crippen molar-refractivity contribution in [1.82, 2.24) is 20.2 Å². The quantitative estimate of drug-likeness (QED) is 0.00820. The molecule has 1 fully saturated rings. The molecule has 4 aliphatic rings. The number of hydrogen-bond acceptors (Lipinski definition) is 18. The number of aromatic nitrogens is 2. The molecule has 3 aliphatic carbocycles. The van der Waals surface area contributed by atoms with Crippen LogP contribution < -0.4 is 42.6 Å². The number of carboxylic acids is 2. The van der Waals surface area contributed by atoms with E-state index in [-0.39, 0.29) is 131 Å². The maximum atomic E-state index is 13.4. The molecule has 2 heterocycles. The van der Waals surface area contributed by atoms with Crippen LogP contribution in [0, 0.1) is 9.86 Å². The number of nitrogens with zero attached hydrogens (tertiary/aromatic N) is 2. The number of ether oxygens (including phenoxy) is 7. The van der Waals surface area contributed by atoms with E-state index in [1.54, 1.807) is 38.5 Å². The van der Waals surface area contributed by atoms with Gasteiger partial charge < -0.3 is 121 Å². The average molecular weight is 1960 g/mol. The van der Waals surface area contributed by atoms with E-state index in [0.717, 1.165) is 77.9 Å². The van der Waals surface area contributed by atoms with Gasteiger partial charge in [0.2, 0.25) is 0 Å². The number of carbonyl (C=O) groups is 6. The fourth-order valence-electron chi connectivity index (χ4n) is 14.9. The van der Waals surface area contributed by atoms with E-state index in [4.69, 9.17) is 49.7 Å². The molecule has 24 nitrogen and oxygen atoms in total. The number of aliphatic carboxylic acids is 2. The number of benzene rings is 10. The Hall–Kier alpha value is -10.2. The fourth-order valence-corrected chi connectivity index (χ4v) is 14.9. The molecule has 0 bridgehead atoms. The van der Waals surface area contributed by atoms with Crippen LogP contribution in [0.1, 0.15) is 103 Å². The monoisotopic (exact) mass is 1960 g/mol. The van der Waals surface area contributed by atoms with Gasteiger partial charge in [0.15, 0.2) is 0 Å². The third-order valence-electron chi connectivity index (χ3n) is 20.7. The van der Waals surface area contributed by atoms with Crippen molar-refractivity contribution < 1.29 is 114 Å². The molecular weight excluding hydrogens is 1870 g/mol. The topological polar surface area (TPSA) is 351 Å². The van der Waals surface area contributed by atoms with Gasteiger partial charge in [-0.25, -0.2) is 19.2 Å². The number of carbonyl (C=O) groups excluding carboxylic acids is 4. The van der Waals surface area contributed by atoms with Crippen LogP contribution in [-0.4, -0.2) is 139 Å². The van der Waals surface area contributed by atoms with E-state index in [0.29, 0.717) is 23.5 Å². The summed E-state index contributed by atoms with van der Waals surface area (Å²) in [6.45, 7) is 0.00757. The summed E-state index contributed by atoms with van der Waals surface area (Å²) in [6.07, 6.45) is -2.03. The van der Waals surface area contributed by atoms with Gasteiger partial charge in [-0.05, 0) is 138 Å². The molecule has 1 aliphatic heterocycles. The first kappa shape index (κ1) is 96.3. The zero-order valence-corrected chi connectivity index (χ0v) is 73.8. The number of methoxy groups -OCH3 is 2. The molecular formula is C92H90ClI2N7O17V2-2. The summed E-state index contributed by atoms with van der Waals surface area (Å²) in [5.74, 6) is -1.96. The number of carboxylic acid groups (broad SMARTS) is 2. The van der Waals surface area contributed by atoms with Crippen LogP contribution in [0.25, 0.3) is 33.4 Å². The smallest absolute Gasteiger partial charge is 0.407 e. The van der Waals surface area contributed by atoms with Gasteiger partial charge in [-0.2, -0.15) is 4.98 Å². The Labute approximate surface area is 758 Å². The first-order valence-corrected chi connectivity index (χ1v) is 40.8. The molecule has 3 unspecified atom stereocenters. The summed E-state index contributed by atoms with van der Waals surface area (Å²) in [4.78, 5) is 96.6. The molecule has 5 atom stereocenters. The van der Waals surface area contributed by atoms with Gasteiger partial charge in [0.25, 0.3) is 5.91 Å². The second-order valence-corrected chi connectivity index (χ2v) is 27.6. The van der Waals surface area contributed by atoms with Crippen LogP contribution >= 0.6 is 57.6 Å². The second-order valence-electron chi connectivity index (χ2n) is 27.6. The molecule has 121 heavy (non-hydrogen) atoms. The number of fused-ring (bicyclic) bond motifs is 9. The molecule has 11 aromatic rings. The summed E-state index contributed by atoms with van der Waals surface area (Å²) >= 11 is 3.80. The predicted molar refractivity (Wildman–Crippen MR) is 472 cm³/mol. The number of alkyl carbamates (subject to hydrolysis) is 2. The van der Waals surface area contributed by atoms with E-state index >= 15 is 0 Å². The van der Waals surface area contributed by atoms with Gasteiger partial charge >= 0.3 is 35.8 Å². The number of halogens is 3. The summed E-state index contributed by atoms with van der Waals surface area (Å²) in [6, 6.07) is 79.5.